The van der Waals surface area contributed by atoms with E-state index in [0.29, 0.717) is 10.8 Å². The molecule has 1 aromatic rings. The van der Waals surface area contributed by atoms with Crippen LogP contribution in [0.3, 0.4) is 0 Å². The zero-order valence-electron chi connectivity index (χ0n) is 10.4. The van der Waals surface area contributed by atoms with Gasteiger partial charge in [0.15, 0.2) is 0 Å². The second-order valence-electron chi connectivity index (χ2n) is 4.40. The molecule has 2 N–H and O–H groups in total. The highest BCUT2D eigenvalue weighted by atomic mass is 127. The molecule has 5 nitrogen and oxygen atoms in total. The first kappa shape index (κ1) is 14.0. The van der Waals surface area contributed by atoms with Crippen molar-refractivity contribution in [3.05, 3.63) is 29.8 Å². The number of alkyl halides is 1. The topological polar surface area (TPSA) is 70.6 Å². The fourth-order valence-corrected chi connectivity index (χ4v) is 2.11. The average Bonchev–Trinajstić information content (AvgIpc) is 2.40. The maximum atomic E-state index is 11.3. The minimum absolute atomic E-state index is 0.0241. The van der Waals surface area contributed by atoms with Crippen LogP contribution in [0, 0.1) is 5.92 Å². The Labute approximate surface area is 125 Å². The Morgan fingerprint density at radius 1 is 1.47 bits per heavy atom. The molecule has 1 unspecified atom stereocenters. The zero-order chi connectivity index (χ0) is 13.8. The number of benzene rings is 1. The van der Waals surface area contributed by atoms with Crippen molar-refractivity contribution in [2.24, 2.45) is 11.0 Å². The zero-order valence-corrected chi connectivity index (χ0v) is 12.6. The van der Waals surface area contributed by atoms with Crippen LogP contribution in [0.2, 0.25) is 0 Å². The normalized spacial score (nSPS) is 18.5. The van der Waals surface area contributed by atoms with Gasteiger partial charge in [0.05, 0.1) is 10.1 Å². The van der Waals surface area contributed by atoms with Crippen molar-refractivity contribution in [1.82, 2.24) is 5.43 Å². The summed E-state index contributed by atoms with van der Waals surface area (Å²) >= 11 is 2.02. The molecule has 1 aromatic carbocycles. The van der Waals surface area contributed by atoms with E-state index >= 15 is 0 Å². The SMILES string of the molecule is CC1CC(=O)NN=C1c1ccc(NC(=O)CI)cc1. The summed E-state index contributed by atoms with van der Waals surface area (Å²) in [4.78, 5) is 22.5. The molecule has 0 saturated carbocycles. The molecule has 100 valence electrons. The summed E-state index contributed by atoms with van der Waals surface area (Å²) < 4.78 is 0.426. The number of amides is 2. The number of hydrogen-bond acceptors (Lipinski definition) is 3. The molecule has 1 aliphatic heterocycles. The van der Waals surface area contributed by atoms with Crippen molar-refractivity contribution >= 4 is 45.8 Å². The molecule has 1 heterocycles. The molecule has 2 rings (SSSR count). The minimum Gasteiger partial charge on any atom is -0.325 e. The molecule has 1 aliphatic rings. The molecule has 1 atom stereocenters. The number of nitrogens with zero attached hydrogens (tertiary/aromatic N) is 1. The predicted molar refractivity (Wildman–Crippen MR) is 82.4 cm³/mol. The summed E-state index contributed by atoms with van der Waals surface area (Å²) in [5, 5.41) is 6.88. The second-order valence-corrected chi connectivity index (χ2v) is 5.16. The highest BCUT2D eigenvalue weighted by molar-refractivity contribution is 14.1. The Balaban J connectivity index is 2.14. The molecular formula is C13H14IN3O2. The van der Waals surface area contributed by atoms with Crippen molar-refractivity contribution in [2.75, 3.05) is 9.74 Å². The fraction of sp³-hybridized carbons (Fsp3) is 0.308. The van der Waals surface area contributed by atoms with Gasteiger partial charge in [0.1, 0.15) is 0 Å². The van der Waals surface area contributed by atoms with E-state index in [2.05, 4.69) is 15.8 Å². The summed E-state index contributed by atoms with van der Waals surface area (Å²) in [6.07, 6.45) is 0.451. The summed E-state index contributed by atoms with van der Waals surface area (Å²) in [5.41, 5.74) is 5.08. The predicted octanol–water partition coefficient (Wildman–Crippen LogP) is 1.92. The molecule has 0 radical (unpaired) electrons. The number of carbonyl (C=O) groups excluding carboxylic acids is 2. The molecule has 0 spiro atoms. The van der Waals surface area contributed by atoms with Gasteiger partial charge in [-0.3, -0.25) is 9.59 Å². The van der Waals surface area contributed by atoms with Crippen molar-refractivity contribution in [3.8, 4) is 0 Å². The van der Waals surface area contributed by atoms with Gasteiger partial charge in [-0.2, -0.15) is 5.10 Å². The first-order chi connectivity index (χ1) is 9.10. The van der Waals surface area contributed by atoms with Crippen molar-refractivity contribution < 1.29 is 9.59 Å². The molecule has 0 saturated heterocycles. The lowest BCUT2D eigenvalue weighted by atomic mass is 9.94. The molecule has 19 heavy (non-hydrogen) atoms. The van der Waals surface area contributed by atoms with E-state index in [4.69, 9.17) is 0 Å². The van der Waals surface area contributed by atoms with Gasteiger partial charge in [0, 0.05) is 18.0 Å². The van der Waals surface area contributed by atoms with Crippen LogP contribution in [0.5, 0.6) is 0 Å². The monoisotopic (exact) mass is 371 g/mol. The van der Waals surface area contributed by atoms with E-state index in [9.17, 15) is 9.59 Å². The summed E-state index contributed by atoms with van der Waals surface area (Å²) in [6, 6.07) is 7.47. The lowest BCUT2D eigenvalue weighted by Crippen LogP contribution is -2.31. The van der Waals surface area contributed by atoms with E-state index < -0.39 is 0 Å². The van der Waals surface area contributed by atoms with Gasteiger partial charge in [-0.1, -0.05) is 41.6 Å². The van der Waals surface area contributed by atoms with Crippen molar-refractivity contribution in [2.45, 2.75) is 13.3 Å². The van der Waals surface area contributed by atoms with Crippen LogP contribution < -0.4 is 10.7 Å². The smallest absolute Gasteiger partial charge is 0.240 e. The second kappa shape index (κ2) is 6.14. The lowest BCUT2D eigenvalue weighted by molar-refractivity contribution is -0.122. The largest absolute Gasteiger partial charge is 0.325 e. The van der Waals surface area contributed by atoms with Gasteiger partial charge in [0.25, 0.3) is 0 Å². The number of halogens is 1. The number of rotatable bonds is 3. The quantitative estimate of drug-likeness (QED) is 0.630. The van der Waals surface area contributed by atoms with Crippen LogP contribution in [0.25, 0.3) is 0 Å². The molecule has 0 bridgehead atoms. The maximum Gasteiger partial charge on any atom is 0.240 e. The minimum atomic E-state index is -0.0535. The van der Waals surface area contributed by atoms with Crippen LogP contribution in [-0.4, -0.2) is 22.0 Å². The molecule has 0 fully saturated rings. The van der Waals surface area contributed by atoms with Gasteiger partial charge in [-0.25, -0.2) is 5.43 Å². The third-order valence-corrected chi connectivity index (χ3v) is 3.54. The Morgan fingerprint density at radius 2 is 2.16 bits per heavy atom. The average molecular weight is 371 g/mol. The number of hydrogen-bond donors (Lipinski definition) is 2. The highest BCUT2D eigenvalue weighted by Crippen LogP contribution is 2.18. The summed E-state index contributed by atoms with van der Waals surface area (Å²) in [6.45, 7) is 1.98. The molecule has 2 amide bonds. The molecular weight excluding hydrogens is 357 g/mol. The van der Waals surface area contributed by atoms with E-state index in [-0.39, 0.29) is 17.7 Å². The van der Waals surface area contributed by atoms with E-state index in [1.54, 1.807) is 0 Å². The van der Waals surface area contributed by atoms with Gasteiger partial charge >= 0.3 is 0 Å². The first-order valence-corrected chi connectivity index (χ1v) is 7.45. The highest BCUT2D eigenvalue weighted by Gasteiger charge is 2.21. The fourth-order valence-electron chi connectivity index (χ4n) is 1.92. The van der Waals surface area contributed by atoms with E-state index in [1.165, 1.54) is 0 Å². The van der Waals surface area contributed by atoms with Gasteiger partial charge < -0.3 is 5.32 Å². The molecule has 0 aromatic heterocycles. The standard InChI is InChI=1S/C13H14IN3O2/c1-8-6-11(18)16-17-13(8)9-2-4-10(5-3-9)15-12(19)7-14/h2-5,8H,6-7H2,1H3,(H,15,19)(H,16,18). The Hall–Kier alpha value is -1.44. The lowest BCUT2D eigenvalue weighted by Gasteiger charge is -2.19. The number of carbonyl (C=O) groups is 2. The van der Waals surface area contributed by atoms with E-state index in [1.807, 2.05) is 53.8 Å². The third-order valence-electron chi connectivity index (χ3n) is 2.85. The number of anilines is 1. The van der Waals surface area contributed by atoms with Crippen molar-refractivity contribution in [1.29, 1.82) is 0 Å². The number of hydrazone groups is 1. The number of nitrogens with one attached hydrogen (secondary N) is 2. The van der Waals surface area contributed by atoms with Crippen molar-refractivity contribution in [3.63, 3.8) is 0 Å². The maximum absolute atomic E-state index is 11.3. The van der Waals surface area contributed by atoms with Crippen LogP contribution in [0.1, 0.15) is 18.9 Å². The Morgan fingerprint density at radius 3 is 2.74 bits per heavy atom. The van der Waals surface area contributed by atoms with Crippen LogP contribution in [0.4, 0.5) is 5.69 Å². The summed E-state index contributed by atoms with van der Waals surface area (Å²) in [5.74, 6) is 0.0229. The third kappa shape index (κ3) is 3.52. The van der Waals surface area contributed by atoms with Gasteiger partial charge in [-0.15, -0.1) is 0 Å². The Kier molecular flexibility index (Phi) is 4.52. The van der Waals surface area contributed by atoms with Crippen LogP contribution >= 0.6 is 22.6 Å². The van der Waals surface area contributed by atoms with E-state index in [0.717, 1.165) is 17.0 Å². The molecule has 0 aliphatic carbocycles. The summed E-state index contributed by atoms with van der Waals surface area (Å²) in [7, 11) is 0. The van der Waals surface area contributed by atoms with Gasteiger partial charge in [0.2, 0.25) is 11.8 Å². The van der Waals surface area contributed by atoms with Crippen LogP contribution in [0.15, 0.2) is 29.4 Å². The van der Waals surface area contributed by atoms with Gasteiger partial charge in [-0.05, 0) is 17.7 Å². The first-order valence-electron chi connectivity index (χ1n) is 5.93. The molecule has 6 heteroatoms. The Bertz CT molecular complexity index is 525. The van der Waals surface area contributed by atoms with Crippen LogP contribution in [-0.2, 0) is 9.59 Å².